The molecule has 0 saturated heterocycles. The standard InChI is InChI=1S/C21H21Cl2N7O2/c1-11-7-17-14(10-29(11)20(31)13-3-4-15(22)16(23)8-13)19-21(32)28(5-6-30(19)26-17)12(2)18-9-24-27-25-18/h3-4,8-9,11-12H,5-7,10H2,1-2H3,(H,24,25,27)/t11-,12-/m1/s1. The number of rotatable bonds is 3. The van der Waals surface area contributed by atoms with Gasteiger partial charge in [-0.15, -0.1) is 5.10 Å². The maximum atomic E-state index is 13.5. The number of aromatic nitrogens is 5. The second kappa shape index (κ2) is 7.90. The van der Waals surface area contributed by atoms with Crippen molar-refractivity contribution in [1.29, 1.82) is 0 Å². The van der Waals surface area contributed by atoms with Crippen LogP contribution in [-0.2, 0) is 19.5 Å². The Labute approximate surface area is 194 Å². The molecule has 4 heterocycles. The predicted octanol–water partition coefficient (Wildman–Crippen LogP) is 3.11. The number of nitrogens with zero attached hydrogens (tertiary/aromatic N) is 6. The number of aromatic amines is 1. The highest BCUT2D eigenvalue weighted by Crippen LogP contribution is 2.32. The quantitative estimate of drug-likeness (QED) is 0.629. The zero-order chi connectivity index (χ0) is 22.6. The highest BCUT2D eigenvalue weighted by molar-refractivity contribution is 6.42. The Hall–Kier alpha value is -2.91. The van der Waals surface area contributed by atoms with Crippen LogP contribution in [0.15, 0.2) is 24.4 Å². The van der Waals surface area contributed by atoms with Gasteiger partial charge >= 0.3 is 0 Å². The van der Waals surface area contributed by atoms with Crippen molar-refractivity contribution >= 4 is 35.0 Å². The molecule has 5 rings (SSSR count). The van der Waals surface area contributed by atoms with Gasteiger partial charge in [0.1, 0.15) is 11.4 Å². The van der Waals surface area contributed by atoms with E-state index in [4.69, 9.17) is 28.3 Å². The Bertz CT molecular complexity index is 1210. The normalized spacial score (nSPS) is 19.0. The second-order valence-electron chi connectivity index (χ2n) is 8.18. The molecule has 1 aromatic carbocycles. The van der Waals surface area contributed by atoms with Gasteiger partial charge in [0.2, 0.25) is 0 Å². The van der Waals surface area contributed by atoms with Crippen LogP contribution >= 0.6 is 23.2 Å². The van der Waals surface area contributed by atoms with E-state index in [1.807, 2.05) is 13.8 Å². The Morgan fingerprint density at radius 2 is 2.06 bits per heavy atom. The third-order valence-corrected chi connectivity index (χ3v) is 7.00. The van der Waals surface area contributed by atoms with Gasteiger partial charge in [0.25, 0.3) is 11.8 Å². The summed E-state index contributed by atoms with van der Waals surface area (Å²) in [6.07, 6.45) is 2.27. The molecule has 2 atom stereocenters. The first-order valence-electron chi connectivity index (χ1n) is 10.4. The lowest BCUT2D eigenvalue weighted by atomic mass is 9.97. The van der Waals surface area contributed by atoms with Crippen LogP contribution in [0.5, 0.6) is 0 Å². The first-order valence-corrected chi connectivity index (χ1v) is 11.1. The number of benzene rings is 1. The summed E-state index contributed by atoms with van der Waals surface area (Å²) in [7, 11) is 0. The summed E-state index contributed by atoms with van der Waals surface area (Å²) in [5, 5.41) is 15.9. The molecule has 32 heavy (non-hydrogen) atoms. The van der Waals surface area contributed by atoms with Crippen LogP contribution < -0.4 is 0 Å². The summed E-state index contributed by atoms with van der Waals surface area (Å²) in [6, 6.07) is 4.57. The van der Waals surface area contributed by atoms with Crippen molar-refractivity contribution in [3.05, 3.63) is 62.6 Å². The number of H-pyrrole nitrogens is 1. The fourth-order valence-electron chi connectivity index (χ4n) is 4.45. The molecular formula is C21H21Cl2N7O2. The minimum Gasteiger partial charge on any atom is -0.331 e. The van der Waals surface area contributed by atoms with Gasteiger partial charge in [0.15, 0.2) is 0 Å². The van der Waals surface area contributed by atoms with Crippen LogP contribution in [0.25, 0.3) is 0 Å². The summed E-state index contributed by atoms with van der Waals surface area (Å²) in [4.78, 5) is 30.3. The molecule has 3 aromatic rings. The van der Waals surface area contributed by atoms with E-state index in [0.29, 0.717) is 53.1 Å². The molecule has 0 saturated carbocycles. The molecule has 1 N–H and O–H groups in total. The zero-order valence-electron chi connectivity index (χ0n) is 17.5. The molecule has 2 aliphatic heterocycles. The van der Waals surface area contributed by atoms with Crippen molar-refractivity contribution in [2.24, 2.45) is 0 Å². The number of amides is 2. The van der Waals surface area contributed by atoms with Crippen molar-refractivity contribution in [3.8, 4) is 0 Å². The molecule has 0 aliphatic carbocycles. The van der Waals surface area contributed by atoms with Crippen molar-refractivity contribution < 1.29 is 9.59 Å². The van der Waals surface area contributed by atoms with Crippen molar-refractivity contribution in [2.45, 2.75) is 45.4 Å². The molecule has 0 radical (unpaired) electrons. The summed E-state index contributed by atoms with van der Waals surface area (Å²) in [6.45, 7) is 5.34. The summed E-state index contributed by atoms with van der Waals surface area (Å²) in [5.41, 5.74) is 3.38. The predicted molar refractivity (Wildman–Crippen MR) is 118 cm³/mol. The maximum absolute atomic E-state index is 13.5. The third-order valence-electron chi connectivity index (χ3n) is 6.26. The summed E-state index contributed by atoms with van der Waals surface area (Å²) in [5.74, 6) is -0.269. The number of carbonyl (C=O) groups excluding carboxylic acids is 2. The van der Waals surface area contributed by atoms with Crippen LogP contribution in [0.2, 0.25) is 10.0 Å². The van der Waals surface area contributed by atoms with Crippen molar-refractivity contribution in [2.75, 3.05) is 6.54 Å². The van der Waals surface area contributed by atoms with E-state index in [0.717, 1.165) is 11.3 Å². The SMILES string of the molecule is C[C@@H]1Cc2nn3c(c2CN1C(=O)c1ccc(Cl)c(Cl)c1)C(=O)N([C@H](C)c1c[nH]nn1)CC3. The Morgan fingerprint density at radius 1 is 1.25 bits per heavy atom. The molecule has 9 nitrogen and oxygen atoms in total. The van der Waals surface area contributed by atoms with Gasteiger partial charge < -0.3 is 9.80 Å². The Balaban J connectivity index is 1.46. The van der Waals surface area contributed by atoms with Gasteiger partial charge in [-0.3, -0.25) is 19.4 Å². The van der Waals surface area contributed by atoms with Gasteiger partial charge in [-0.2, -0.15) is 5.10 Å². The fraction of sp³-hybridized carbons (Fsp3) is 0.381. The molecule has 0 fully saturated rings. The topological polar surface area (TPSA) is 100 Å². The van der Waals surface area contributed by atoms with Crippen LogP contribution in [0.1, 0.15) is 57.7 Å². The average molecular weight is 474 g/mol. The van der Waals surface area contributed by atoms with Crippen molar-refractivity contribution in [3.63, 3.8) is 0 Å². The minimum atomic E-state index is -0.225. The average Bonchev–Trinajstić information content (AvgIpc) is 3.42. The summed E-state index contributed by atoms with van der Waals surface area (Å²) < 4.78 is 1.78. The van der Waals surface area contributed by atoms with Gasteiger partial charge in [-0.1, -0.05) is 28.4 Å². The van der Waals surface area contributed by atoms with E-state index in [9.17, 15) is 9.59 Å². The van der Waals surface area contributed by atoms with Crippen LogP contribution in [0.4, 0.5) is 0 Å². The number of nitrogens with one attached hydrogen (secondary N) is 1. The lowest BCUT2D eigenvalue weighted by Crippen LogP contribution is -2.44. The first-order chi connectivity index (χ1) is 15.3. The number of hydrogen-bond acceptors (Lipinski definition) is 5. The fourth-order valence-corrected chi connectivity index (χ4v) is 4.75. The minimum absolute atomic E-state index is 0.0679. The molecular weight excluding hydrogens is 453 g/mol. The Morgan fingerprint density at radius 3 is 2.78 bits per heavy atom. The van der Waals surface area contributed by atoms with E-state index >= 15 is 0 Å². The van der Waals surface area contributed by atoms with Crippen LogP contribution in [0, 0.1) is 0 Å². The van der Waals surface area contributed by atoms with E-state index in [2.05, 4.69) is 15.4 Å². The van der Waals surface area contributed by atoms with E-state index < -0.39 is 0 Å². The highest BCUT2D eigenvalue weighted by Gasteiger charge is 2.38. The molecule has 0 bridgehead atoms. The molecule has 2 amide bonds. The van der Waals surface area contributed by atoms with Gasteiger partial charge in [-0.05, 0) is 32.0 Å². The zero-order valence-corrected chi connectivity index (χ0v) is 19.1. The van der Waals surface area contributed by atoms with Gasteiger partial charge in [-0.25, -0.2) is 0 Å². The lowest BCUT2D eigenvalue weighted by molar-refractivity contribution is 0.0602. The Kier molecular flexibility index (Phi) is 5.17. The molecule has 2 aliphatic rings. The largest absolute Gasteiger partial charge is 0.331 e. The van der Waals surface area contributed by atoms with Gasteiger partial charge in [0.05, 0.1) is 34.9 Å². The van der Waals surface area contributed by atoms with Crippen LogP contribution in [0.3, 0.4) is 0 Å². The molecule has 0 unspecified atom stereocenters. The molecule has 11 heteroatoms. The smallest absolute Gasteiger partial charge is 0.273 e. The third kappa shape index (κ3) is 3.36. The summed E-state index contributed by atoms with van der Waals surface area (Å²) >= 11 is 12.1. The second-order valence-corrected chi connectivity index (χ2v) is 9.00. The number of halogens is 2. The maximum Gasteiger partial charge on any atom is 0.273 e. The number of carbonyl (C=O) groups is 2. The van der Waals surface area contributed by atoms with E-state index in [-0.39, 0.29) is 23.9 Å². The van der Waals surface area contributed by atoms with Gasteiger partial charge in [0, 0.05) is 36.3 Å². The highest BCUT2D eigenvalue weighted by atomic mass is 35.5. The van der Waals surface area contributed by atoms with E-state index in [1.165, 1.54) is 0 Å². The molecule has 166 valence electrons. The lowest BCUT2D eigenvalue weighted by Gasteiger charge is -2.35. The molecule has 0 spiro atoms. The number of fused-ring (bicyclic) bond motifs is 3. The van der Waals surface area contributed by atoms with E-state index in [1.54, 1.807) is 38.9 Å². The molecule has 2 aromatic heterocycles. The van der Waals surface area contributed by atoms with Crippen LogP contribution in [-0.4, -0.2) is 59.4 Å². The first kappa shape index (κ1) is 21.0. The monoisotopic (exact) mass is 473 g/mol. The number of hydrogen-bond donors (Lipinski definition) is 1. The van der Waals surface area contributed by atoms with Crippen molar-refractivity contribution in [1.82, 2.24) is 35.0 Å².